The van der Waals surface area contributed by atoms with Gasteiger partial charge in [-0.05, 0) is 22.0 Å². The maximum atomic E-state index is 3.63. The highest BCUT2D eigenvalue weighted by Gasteiger charge is 2.36. The fourth-order valence-corrected chi connectivity index (χ4v) is 3.15. The monoisotopic (exact) mass is 220 g/mol. The van der Waals surface area contributed by atoms with Crippen LogP contribution in [-0.2, 0) is 0 Å². The van der Waals surface area contributed by atoms with Crippen LogP contribution in [0.3, 0.4) is 0 Å². The van der Waals surface area contributed by atoms with E-state index in [0.29, 0.717) is 11.8 Å². The number of benzene rings is 1. The van der Waals surface area contributed by atoms with Gasteiger partial charge in [-0.15, -0.1) is 0 Å². The van der Waals surface area contributed by atoms with Crippen molar-refractivity contribution in [2.24, 2.45) is 0 Å². The zero-order chi connectivity index (χ0) is 8.13. The van der Waals surface area contributed by atoms with Gasteiger partial charge in [-0.3, -0.25) is 0 Å². The Morgan fingerprint density at radius 3 is 2.75 bits per heavy atom. The van der Waals surface area contributed by atoms with Crippen molar-refractivity contribution in [1.82, 2.24) is 0 Å². The Kier molecular flexibility index (Phi) is 1.28. The lowest BCUT2D eigenvalue weighted by Gasteiger charge is -2.11. The molecule has 0 heterocycles. The van der Waals surface area contributed by atoms with Crippen LogP contribution in [0.1, 0.15) is 29.4 Å². The molecule has 2 bridgehead atoms. The number of hydrogen-bond donors (Lipinski definition) is 0. The molecule has 0 nitrogen and oxygen atoms in total. The van der Waals surface area contributed by atoms with Crippen molar-refractivity contribution in [2.75, 3.05) is 0 Å². The van der Waals surface area contributed by atoms with Crippen molar-refractivity contribution in [3.05, 3.63) is 46.0 Å². The summed E-state index contributed by atoms with van der Waals surface area (Å²) in [5.41, 5.74) is 3.09. The van der Waals surface area contributed by atoms with Crippen molar-refractivity contribution in [3.8, 4) is 0 Å². The van der Waals surface area contributed by atoms with Crippen LogP contribution in [0, 0.1) is 0 Å². The van der Waals surface area contributed by atoms with Crippen molar-refractivity contribution in [1.29, 1.82) is 0 Å². The van der Waals surface area contributed by atoms with Gasteiger partial charge in [0.1, 0.15) is 0 Å². The van der Waals surface area contributed by atoms with E-state index in [4.69, 9.17) is 0 Å². The van der Waals surface area contributed by atoms with Crippen LogP contribution >= 0.6 is 15.9 Å². The summed E-state index contributed by atoms with van der Waals surface area (Å²) in [4.78, 5) is 0. The summed E-state index contributed by atoms with van der Waals surface area (Å²) in [5, 5.41) is 0. The molecule has 0 unspecified atom stereocenters. The second kappa shape index (κ2) is 2.23. The van der Waals surface area contributed by atoms with Crippen LogP contribution < -0.4 is 0 Å². The van der Waals surface area contributed by atoms with Gasteiger partial charge in [0.05, 0.1) is 0 Å². The summed E-state index contributed by atoms with van der Waals surface area (Å²) in [6.07, 6.45) is 3.65. The molecular weight excluding hydrogens is 212 g/mol. The molecule has 0 spiro atoms. The van der Waals surface area contributed by atoms with Gasteiger partial charge >= 0.3 is 0 Å². The molecule has 2 aliphatic carbocycles. The van der Waals surface area contributed by atoms with E-state index in [9.17, 15) is 0 Å². The van der Waals surface area contributed by atoms with Crippen molar-refractivity contribution in [3.63, 3.8) is 0 Å². The number of hydrogen-bond acceptors (Lipinski definition) is 0. The molecule has 0 saturated carbocycles. The second-order valence-electron chi connectivity index (χ2n) is 3.58. The van der Waals surface area contributed by atoms with E-state index in [1.807, 2.05) is 0 Å². The molecule has 0 radical (unpaired) electrons. The standard InChI is InChI=1S/C11H9Br/c12-11-6-7-5-10(11)9-4-2-1-3-8(7)9/h1-4,6-7,10H,5H2/t7-,10-/m0/s1. The van der Waals surface area contributed by atoms with E-state index < -0.39 is 0 Å². The van der Waals surface area contributed by atoms with Crippen molar-refractivity contribution >= 4 is 15.9 Å². The molecule has 2 aliphatic rings. The van der Waals surface area contributed by atoms with Gasteiger partial charge in [0.15, 0.2) is 0 Å². The molecular formula is C11H9Br. The third-order valence-corrected chi connectivity index (χ3v) is 3.77. The third-order valence-electron chi connectivity index (χ3n) is 2.95. The molecule has 60 valence electrons. The van der Waals surface area contributed by atoms with Gasteiger partial charge in [0, 0.05) is 11.8 Å². The quantitative estimate of drug-likeness (QED) is 0.628. The molecule has 2 atom stereocenters. The first kappa shape index (κ1) is 6.90. The molecule has 12 heavy (non-hydrogen) atoms. The van der Waals surface area contributed by atoms with Crippen molar-refractivity contribution < 1.29 is 0 Å². The summed E-state index contributed by atoms with van der Waals surface area (Å²) >= 11 is 3.63. The number of rotatable bonds is 0. The minimum absolute atomic E-state index is 0.672. The predicted octanol–water partition coefficient (Wildman–Crippen LogP) is 3.55. The van der Waals surface area contributed by atoms with E-state index in [-0.39, 0.29) is 0 Å². The lowest BCUT2D eigenvalue weighted by Crippen LogP contribution is -1.93. The van der Waals surface area contributed by atoms with Gasteiger partial charge in [0.2, 0.25) is 0 Å². The fraction of sp³-hybridized carbons (Fsp3) is 0.273. The summed E-state index contributed by atoms with van der Waals surface area (Å²) in [5.74, 6) is 1.37. The van der Waals surface area contributed by atoms with E-state index in [1.165, 1.54) is 16.5 Å². The minimum Gasteiger partial charge on any atom is -0.0662 e. The molecule has 1 aromatic carbocycles. The van der Waals surface area contributed by atoms with Gasteiger partial charge in [-0.25, -0.2) is 0 Å². The average Bonchev–Trinajstić information content (AvgIpc) is 2.62. The van der Waals surface area contributed by atoms with Gasteiger partial charge in [0.25, 0.3) is 0 Å². The summed E-state index contributed by atoms with van der Waals surface area (Å²) in [6, 6.07) is 8.80. The molecule has 1 aromatic rings. The Balaban J connectivity index is 2.23. The largest absolute Gasteiger partial charge is 0.0662 e. The van der Waals surface area contributed by atoms with Crippen LogP contribution in [0.4, 0.5) is 0 Å². The summed E-state index contributed by atoms with van der Waals surface area (Å²) in [6.45, 7) is 0. The van der Waals surface area contributed by atoms with Gasteiger partial charge < -0.3 is 0 Å². The minimum atomic E-state index is 0.672. The van der Waals surface area contributed by atoms with Crippen LogP contribution in [0.25, 0.3) is 0 Å². The molecule has 0 saturated heterocycles. The Morgan fingerprint density at radius 1 is 1.17 bits per heavy atom. The fourth-order valence-electron chi connectivity index (χ4n) is 2.40. The Bertz CT molecular complexity index is 365. The molecule has 0 aliphatic heterocycles. The first-order valence-electron chi connectivity index (χ1n) is 4.32. The molecule has 0 N–H and O–H groups in total. The Labute approximate surface area is 80.4 Å². The first-order chi connectivity index (χ1) is 5.86. The maximum absolute atomic E-state index is 3.63. The van der Waals surface area contributed by atoms with Crippen LogP contribution in [0.2, 0.25) is 0 Å². The zero-order valence-corrected chi connectivity index (χ0v) is 8.21. The van der Waals surface area contributed by atoms with Crippen LogP contribution in [0.5, 0.6) is 0 Å². The maximum Gasteiger partial charge on any atom is 0.0164 e. The smallest absolute Gasteiger partial charge is 0.0164 e. The highest BCUT2D eigenvalue weighted by atomic mass is 79.9. The normalized spacial score (nSPS) is 30.2. The average molecular weight is 221 g/mol. The Hall–Kier alpha value is -0.560. The molecule has 0 amide bonds. The lowest BCUT2D eigenvalue weighted by molar-refractivity contribution is 0.801. The number of fused-ring (bicyclic) bond motifs is 5. The summed E-state index contributed by atoms with van der Waals surface area (Å²) < 4.78 is 1.39. The van der Waals surface area contributed by atoms with Crippen molar-refractivity contribution in [2.45, 2.75) is 18.3 Å². The highest BCUT2D eigenvalue weighted by Crippen LogP contribution is 2.53. The summed E-state index contributed by atoms with van der Waals surface area (Å²) in [7, 11) is 0. The molecule has 3 rings (SSSR count). The Morgan fingerprint density at radius 2 is 1.92 bits per heavy atom. The first-order valence-corrected chi connectivity index (χ1v) is 5.11. The molecule has 1 heteroatoms. The predicted molar refractivity (Wildman–Crippen MR) is 53.6 cm³/mol. The van der Waals surface area contributed by atoms with E-state index in [1.54, 1.807) is 5.56 Å². The topological polar surface area (TPSA) is 0 Å². The molecule has 0 aromatic heterocycles. The third kappa shape index (κ3) is 0.726. The SMILES string of the molecule is BrC1=C[C@@H]2C[C@H]1c1ccccc12. The van der Waals surface area contributed by atoms with E-state index in [0.717, 1.165) is 0 Å². The van der Waals surface area contributed by atoms with E-state index >= 15 is 0 Å². The molecule has 0 fully saturated rings. The zero-order valence-electron chi connectivity index (χ0n) is 6.63. The van der Waals surface area contributed by atoms with Crippen LogP contribution in [-0.4, -0.2) is 0 Å². The van der Waals surface area contributed by atoms with Crippen LogP contribution in [0.15, 0.2) is 34.8 Å². The second-order valence-corrected chi connectivity index (χ2v) is 4.49. The van der Waals surface area contributed by atoms with E-state index in [2.05, 4.69) is 46.3 Å². The lowest BCUT2D eigenvalue weighted by atomic mass is 9.97. The number of halogens is 1. The number of allylic oxidation sites excluding steroid dienone is 2. The van der Waals surface area contributed by atoms with Gasteiger partial charge in [-0.2, -0.15) is 0 Å². The highest BCUT2D eigenvalue weighted by molar-refractivity contribution is 9.11. The van der Waals surface area contributed by atoms with Gasteiger partial charge in [-0.1, -0.05) is 46.3 Å².